The number of hydrogen-bond acceptors (Lipinski definition) is 2. The first kappa shape index (κ1) is 12.7. The predicted octanol–water partition coefficient (Wildman–Crippen LogP) is 3.41. The Labute approximate surface area is 107 Å². The molecule has 0 amide bonds. The first-order valence-corrected chi connectivity index (χ1v) is 6.67. The summed E-state index contributed by atoms with van der Waals surface area (Å²) in [5.74, 6) is 0.0925. The van der Waals surface area contributed by atoms with Gasteiger partial charge in [0.15, 0.2) is 0 Å². The van der Waals surface area contributed by atoms with E-state index in [9.17, 15) is 10.2 Å². The molecule has 0 bridgehead atoms. The van der Waals surface area contributed by atoms with Gasteiger partial charge < -0.3 is 10.2 Å². The smallest absolute Gasteiger partial charge is 0.138 e. The molecule has 1 aromatic carbocycles. The second kappa shape index (κ2) is 5.28. The van der Waals surface area contributed by atoms with Gasteiger partial charge in [0.1, 0.15) is 5.75 Å². The third-order valence-electron chi connectivity index (χ3n) is 3.64. The molecule has 2 rings (SSSR count). The molecule has 0 radical (unpaired) electrons. The van der Waals surface area contributed by atoms with Crippen LogP contribution in [-0.2, 0) is 12.8 Å². The number of phenolic OH excluding ortho intramolecular Hbond substituents is 1. The van der Waals surface area contributed by atoms with Gasteiger partial charge in [0.2, 0.25) is 0 Å². The molecule has 94 valence electrons. The minimum atomic E-state index is -0.0685. The van der Waals surface area contributed by atoms with Crippen LogP contribution in [0.4, 0.5) is 0 Å². The van der Waals surface area contributed by atoms with Crippen molar-refractivity contribution in [3.8, 4) is 5.75 Å². The lowest BCUT2D eigenvalue weighted by Gasteiger charge is -2.17. The number of aryl methyl sites for hydroxylation is 1. The number of aromatic hydroxyl groups is 1. The van der Waals surface area contributed by atoms with E-state index < -0.39 is 0 Å². The van der Waals surface area contributed by atoms with Gasteiger partial charge in [-0.1, -0.05) is 31.0 Å². The molecular weight excluding hydrogens is 236 g/mol. The normalized spacial score (nSPS) is 17.4. The molecule has 0 aromatic heterocycles. The second-order valence-corrected chi connectivity index (χ2v) is 5.29. The molecule has 1 aliphatic carbocycles. The highest BCUT2D eigenvalue weighted by atomic mass is 35.5. The van der Waals surface area contributed by atoms with Crippen LogP contribution in [-0.4, -0.2) is 16.8 Å². The Morgan fingerprint density at radius 1 is 1.29 bits per heavy atom. The fraction of sp³-hybridized carbons (Fsp3) is 0.571. The van der Waals surface area contributed by atoms with Crippen LogP contribution in [0.25, 0.3) is 0 Å². The lowest BCUT2D eigenvalue weighted by molar-refractivity contribution is 0.270. The molecule has 1 aromatic rings. The SMILES string of the molecule is CC(CO)c1cc2c(c(Cl)c1O)CCCCC2. The molecular formula is C14H19ClO2. The van der Waals surface area contributed by atoms with Crippen molar-refractivity contribution in [2.75, 3.05) is 6.61 Å². The Balaban J connectivity index is 2.51. The molecule has 1 aliphatic rings. The molecule has 17 heavy (non-hydrogen) atoms. The quantitative estimate of drug-likeness (QED) is 0.794. The van der Waals surface area contributed by atoms with Crippen LogP contribution in [0.15, 0.2) is 6.07 Å². The van der Waals surface area contributed by atoms with Crippen LogP contribution in [0.1, 0.15) is 48.8 Å². The maximum absolute atomic E-state index is 10.1. The summed E-state index contributed by atoms with van der Waals surface area (Å²) >= 11 is 6.26. The van der Waals surface area contributed by atoms with Gasteiger partial charge in [0.25, 0.3) is 0 Å². The summed E-state index contributed by atoms with van der Waals surface area (Å²) in [6.07, 6.45) is 5.52. The average molecular weight is 255 g/mol. The molecule has 1 unspecified atom stereocenters. The third-order valence-corrected chi connectivity index (χ3v) is 4.05. The van der Waals surface area contributed by atoms with Crippen LogP contribution < -0.4 is 0 Å². The van der Waals surface area contributed by atoms with Crippen LogP contribution in [0.5, 0.6) is 5.75 Å². The minimum Gasteiger partial charge on any atom is -0.506 e. The summed E-state index contributed by atoms with van der Waals surface area (Å²) in [6, 6.07) is 2.03. The number of benzene rings is 1. The van der Waals surface area contributed by atoms with Crippen molar-refractivity contribution in [1.82, 2.24) is 0 Å². The largest absolute Gasteiger partial charge is 0.506 e. The molecule has 0 heterocycles. The molecule has 1 atom stereocenters. The Morgan fingerprint density at radius 3 is 2.71 bits per heavy atom. The predicted molar refractivity (Wildman–Crippen MR) is 69.9 cm³/mol. The van der Waals surface area contributed by atoms with Crippen molar-refractivity contribution in [3.05, 3.63) is 27.8 Å². The first-order chi connectivity index (χ1) is 8.15. The summed E-state index contributed by atoms with van der Waals surface area (Å²) in [6.45, 7) is 1.93. The van der Waals surface area contributed by atoms with Crippen molar-refractivity contribution in [2.24, 2.45) is 0 Å². The number of fused-ring (bicyclic) bond motifs is 1. The molecule has 0 saturated carbocycles. The molecule has 3 heteroatoms. The maximum Gasteiger partial charge on any atom is 0.138 e. The highest BCUT2D eigenvalue weighted by Crippen LogP contribution is 2.39. The Kier molecular flexibility index (Phi) is 3.95. The standard InChI is InChI=1S/C14H19ClO2/c1-9(8-16)12-7-10-5-3-2-4-6-11(10)13(15)14(12)17/h7,9,16-17H,2-6,8H2,1H3. The van der Waals surface area contributed by atoms with E-state index in [1.165, 1.54) is 18.4 Å². The van der Waals surface area contributed by atoms with Crippen LogP contribution in [0.2, 0.25) is 5.02 Å². The summed E-state index contributed by atoms with van der Waals surface area (Å²) in [5.41, 5.74) is 3.13. The van der Waals surface area contributed by atoms with Gasteiger partial charge >= 0.3 is 0 Å². The number of hydrogen-bond donors (Lipinski definition) is 2. The van der Waals surface area contributed by atoms with Gasteiger partial charge in [0.05, 0.1) is 5.02 Å². The van der Waals surface area contributed by atoms with Gasteiger partial charge in [-0.25, -0.2) is 0 Å². The molecule has 2 N–H and O–H groups in total. The van der Waals surface area contributed by atoms with Crippen molar-refractivity contribution in [3.63, 3.8) is 0 Å². The van der Waals surface area contributed by atoms with E-state index in [2.05, 4.69) is 0 Å². The summed E-state index contributed by atoms with van der Waals surface area (Å²) < 4.78 is 0. The van der Waals surface area contributed by atoms with E-state index in [1.807, 2.05) is 13.0 Å². The van der Waals surface area contributed by atoms with E-state index in [1.54, 1.807) is 0 Å². The fourth-order valence-corrected chi connectivity index (χ4v) is 2.84. The zero-order chi connectivity index (χ0) is 12.4. The Bertz CT molecular complexity index is 415. The zero-order valence-corrected chi connectivity index (χ0v) is 10.9. The summed E-state index contributed by atoms with van der Waals surface area (Å²) in [4.78, 5) is 0. The van der Waals surface area contributed by atoms with E-state index in [-0.39, 0.29) is 18.3 Å². The summed E-state index contributed by atoms with van der Waals surface area (Å²) in [5, 5.41) is 19.8. The molecule has 0 fully saturated rings. The van der Waals surface area contributed by atoms with Gasteiger partial charge in [-0.15, -0.1) is 0 Å². The molecule has 0 aliphatic heterocycles. The van der Waals surface area contributed by atoms with Gasteiger partial charge in [-0.2, -0.15) is 0 Å². The Hall–Kier alpha value is -0.730. The van der Waals surface area contributed by atoms with Crippen LogP contribution in [0, 0.1) is 0 Å². The molecule has 0 spiro atoms. The van der Waals surface area contributed by atoms with Crippen LogP contribution >= 0.6 is 11.6 Å². The first-order valence-electron chi connectivity index (χ1n) is 6.29. The van der Waals surface area contributed by atoms with Crippen molar-refractivity contribution in [2.45, 2.75) is 44.9 Å². The number of rotatable bonds is 2. The highest BCUT2D eigenvalue weighted by molar-refractivity contribution is 6.33. The van der Waals surface area contributed by atoms with Gasteiger partial charge in [-0.05, 0) is 36.8 Å². The third kappa shape index (κ3) is 2.43. The lowest BCUT2D eigenvalue weighted by atomic mass is 9.93. The van der Waals surface area contributed by atoms with Gasteiger partial charge in [0, 0.05) is 18.1 Å². The minimum absolute atomic E-state index is 0.0304. The van der Waals surface area contributed by atoms with Gasteiger partial charge in [-0.3, -0.25) is 0 Å². The molecule has 0 saturated heterocycles. The van der Waals surface area contributed by atoms with E-state index >= 15 is 0 Å². The highest BCUT2D eigenvalue weighted by Gasteiger charge is 2.20. The van der Waals surface area contributed by atoms with E-state index in [0.717, 1.165) is 30.4 Å². The number of halogens is 1. The lowest BCUT2D eigenvalue weighted by Crippen LogP contribution is -2.03. The Morgan fingerprint density at radius 2 is 2.00 bits per heavy atom. The second-order valence-electron chi connectivity index (χ2n) is 4.91. The number of phenols is 1. The maximum atomic E-state index is 10.1. The molecule has 2 nitrogen and oxygen atoms in total. The van der Waals surface area contributed by atoms with Crippen molar-refractivity contribution in [1.29, 1.82) is 0 Å². The summed E-state index contributed by atoms with van der Waals surface area (Å²) in [7, 11) is 0. The zero-order valence-electron chi connectivity index (χ0n) is 10.2. The van der Waals surface area contributed by atoms with E-state index in [0.29, 0.717) is 5.02 Å². The van der Waals surface area contributed by atoms with Crippen molar-refractivity contribution >= 4 is 11.6 Å². The monoisotopic (exact) mass is 254 g/mol. The topological polar surface area (TPSA) is 40.5 Å². The van der Waals surface area contributed by atoms with E-state index in [4.69, 9.17) is 11.6 Å². The average Bonchev–Trinajstić information content (AvgIpc) is 2.58. The number of aliphatic hydroxyl groups is 1. The number of aliphatic hydroxyl groups excluding tert-OH is 1. The van der Waals surface area contributed by atoms with Crippen molar-refractivity contribution < 1.29 is 10.2 Å². The fourth-order valence-electron chi connectivity index (χ4n) is 2.52. The van der Waals surface area contributed by atoms with Crippen LogP contribution in [0.3, 0.4) is 0 Å².